The molecule has 0 fully saturated rings. The number of carbonyl (C=O) groups excluding carboxylic acids is 1. The Morgan fingerprint density at radius 2 is 1.81 bits per heavy atom. The SMILES string of the molecule is O=C(/C=C/c1ccccc1Cl)Nc1nn(Cc2c(F)cccc2Cl)cc1Cl. The first kappa shape index (κ1) is 19.4. The lowest BCUT2D eigenvalue weighted by molar-refractivity contribution is -0.111. The van der Waals surface area contributed by atoms with Crippen LogP contribution in [0.4, 0.5) is 10.2 Å². The number of anilines is 1. The Bertz CT molecular complexity index is 997. The van der Waals surface area contributed by atoms with Crippen molar-refractivity contribution in [2.24, 2.45) is 0 Å². The quantitative estimate of drug-likeness (QED) is 0.535. The van der Waals surface area contributed by atoms with Crippen LogP contribution in [-0.4, -0.2) is 15.7 Å². The van der Waals surface area contributed by atoms with Crippen molar-refractivity contribution in [3.63, 3.8) is 0 Å². The molecule has 3 rings (SSSR count). The van der Waals surface area contributed by atoms with Crippen LogP contribution in [0.3, 0.4) is 0 Å². The average Bonchev–Trinajstić information content (AvgIpc) is 2.97. The molecule has 0 atom stereocenters. The normalized spacial score (nSPS) is 11.1. The molecule has 0 spiro atoms. The molecule has 1 heterocycles. The number of nitrogens with one attached hydrogen (secondary N) is 1. The summed E-state index contributed by atoms with van der Waals surface area (Å²) >= 11 is 18.2. The molecule has 0 saturated heterocycles. The molecule has 0 bridgehead atoms. The van der Waals surface area contributed by atoms with Gasteiger partial charge in [-0.3, -0.25) is 9.48 Å². The van der Waals surface area contributed by atoms with E-state index in [0.717, 1.165) is 0 Å². The molecule has 2 aromatic carbocycles. The summed E-state index contributed by atoms with van der Waals surface area (Å²) < 4.78 is 15.3. The predicted octanol–water partition coefficient (Wildman–Crippen LogP) is 5.68. The van der Waals surface area contributed by atoms with Crippen molar-refractivity contribution in [3.05, 3.63) is 86.7 Å². The third-order valence-corrected chi connectivity index (χ3v) is 4.63. The van der Waals surface area contributed by atoms with Gasteiger partial charge in [-0.1, -0.05) is 59.1 Å². The largest absolute Gasteiger partial charge is 0.304 e. The van der Waals surface area contributed by atoms with Gasteiger partial charge in [-0.15, -0.1) is 0 Å². The van der Waals surface area contributed by atoms with E-state index >= 15 is 0 Å². The summed E-state index contributed by atoms with van der Waals surface area (Å²) in [6, 6.07) is 11.6. The third-order valence-electron chi connectivity index (χ3n) is 3.66. The predicted molar refractivity (Wildman–Crippen MR) is 107 cm³/mol. The van der Waals surface area contributed by atoms with Gasteiger partial charge < -0.3 is 5.32 Å². The number of carbonyl (C=O) groups is 1. The van der Waals surface area contributed by atoms with Crippen LogP contribution >= 0.6 is 34.8 Å². The molecular weight excluding hydrogens is 412 g/mol. The number of rotatable bonds is 5. The first-order valence-electron chi connectivity index (χ1n) is 7.83. The zero-order valence-electron chi connectivity index (χ0n) is 13.8. The van der Waals surface area contributed by atoms with Gasteiger partial charge >= 0.3 is 0 Å². The van der Waals surface area contributed by atoms with E-state index in [1.807, 2.05) is 6.07 Å². The van der Waals surface area contributed by atoms with Gasteiger partial charge in [0.25, 0.3) is 0 Å². The number of halogens is 4. The smallest absolute Gasteiger partial charge is 0.249 e. The average molecular weight is 425 g/mol. The highest BCUT2D eigenvalue weighted by Gasteiger charge is 2.13. The molecule has 3 aromatic rings. The van der Waals surface area contributed by atoms with Crippen molar-refractivity contribution in [1.29, 1.82) is 0 Å². The highest BCUT2D eigenvalue weighted by molar-refractivity contribution is 6.33. The molecule has 4 nitrogen and oxygen atoms in total. The van der Waals surface area contributed by atoms with Gasteiger partial charge in [0.05, 0.1) is 6.54 Å². The zero-order valence-corrected chi connectivity index (χ0v) is 16.1. The Balaban J connectivity index is 1.71. The molecular formula is C19H13Cl3FN3O. The topological polar surface area (TPSA) is 46.9 Å². The molecule has 0 saturated carbocycles. The molecule has 0 aliphatic heterocycles. The van der Waals surface area contributed by atoms with Crippen molar-refractivity contribution >= 4 is 52.6 Å². The summed E-state index contributed by atoms with van der Waals surface area (Å²) in [6.45, 7) is 0.0799. The Kier molecular flexibility index (Phi) is 6.16. The Hall–Kier alpha value is -2.34. The fourth-order valence-electron chi connectivity index (χ4n) is 2.34. The second kappa shape index (κ2) is 8.57. The molecule has 0 unspecified atom stereocenters. The van der Waals surface area contributed by atoms with Crippen LogP contribution in [0, 0.1) is 5.82 Å². The number of aromatic nitrogens is 2. The summed E-state index contributed by atoms with van der Waals surface area (Å²) in [5.41, 5.74) is 0.995. The van der Waals surface area contributed by atoms with Crippen LogP contribution in [0.2, 0.25) is 15.1 Å². The van der Waals surface area contributed by atoms with E-state index < -0.39 is 11.7 Å². The first-order valence-corrected chi connectivity index (χ1v) is 8.97. The fourth-order valence-corrected chi connectivity index (χ4v) is 2.96. The van der Waals surface area contributed by atoms with Crippen molar-refractivity contribution in [2.45, 2.75) is 6.54 Å². The van der Waals surface area contributed by atoms with E-state index in [4.69, 9.17) is 34.8 Å². The summed E-state index contributed by atoms with van der Waals surface area (Å²) in [5, 5.41) is 7.79. The van der Waals surface area contributed by atoms with Crippen LogP contribution in [0.25, 0.3) is 6.08 Å². The molecule has 0 radical (unpaired) electrons. The van der Waals surface area contributed by atoms with Crippen LogP contribution in [0.5, 0.6) is 0 Å². The number of amides is 1. The molecule has 8 heteroatoms. The highest BCUT2D eigenvalue weighted by Crippen LogP contribution is 2.24. The molecule has 1 amide bonds. The maximum absolute atomic E-state index is 13.9. The molecule has 1 N–H and O–H groups in total. The van der Waals surface area contributed by atoms with Gasteiger partial charge in [-0.25, -0.2) is 4.39 Å². The lowest BCUT2D eigenvalue weighted by Crippen LogP contribution is -2.10. The second-order valence-electron chi connectivity index (χ2n) is 5.57. The van der Waals surface area contributed by atoms with E-state index in [2.05, 4.69) is 10.4 Å². The van der Waals surface area contributed by atoms with Gasteiger partial charge in [0.2, 0.25) is 5.91 Å². The standard InChI is InChI=1S/C19H13Cl3FN3O/c20-14-5-2-1-4-12(14)8-9-18(27)24-19-16(22)11-26(25-19)10-13-15(21)6-3-7-17(13)23/h1-9,11H,10H2,(H,24,25,27)/b9-8+. The number of benzene rings is 2. The Morgan fingerprint density at radius 3 is 2.56 bits per heavy atom. The van der Waals surface area contributed by atoms with Gasteiger partial charge in [0.1, 0.15) is 10.8 Å². The maximum Gasteiger partial charge on any atom is 0.249 e. The van der Waals surface area contributed by atoms with E-state index in [0.29, 0.717) is 10.6 Å². The van der Waals surface area contributed by atoms with E-state index in [1.54, 1.807) is 30.3 Å². The van der Waals surface area contributed by atoms with Crippen molar-refractivity contribution in [1.82, 2.24) is 9.78 Å². The molecule has 1 aromatic heterocycles. The van der Waals surface area contributed by atoms with Gasteiger partial charge in [-0.2, -0.15) is 5.10 Å². The van der Waals surface area contributed by atoms with Gasteiger partial charge in [0.15, 0.2) is 5.82 Å². The number of nitrogens with zero attached hydrogens (tertiary/aromatic N) is 2. The third kappa shape index (κ3) is 4.89. The number of hydrogen-bond acceptors (Lipinski definition) is 2. The minimum atomic E-state index is -0.442. The molecule has 0 aliphatic rings. The summed E-state index contributed by atoms with van der Waals surface area (Å²) in [4.78, 5) is 12.1. The summed E-state index contributed by atoms with van der Waals surface area (Å²) in [5.74, 6) is -0.702. The molecule has 27 heavy (non-hydrogen) atoms. The van der Waals surface area contributed by atoms with Gasteiger partial charge in [-0.05, 0) is 29.8 Å². The van der Waals surface area contributed by atoms with Crippen LogP contribution in [0.1, 0.15) is 11.1 Å². The van der Waals surface area contributed by atoms with Gasteiger partial charge in [0, 0.05) is 27.9 Å². The zero-order chi connectivity index (χ0) is 19.4. The van der Waals surface area contributed by atoms with E-state index in [9.17, 15) is 9.18 Å². The lowest BCUT2D eigenvalue weighted by Gasteiger charge is -2.05. The number of hydrogen-bond donors (Lipinski definition) is 1. The minimum Gasteiger partial charge on any atom is -0.304 e. The highest BCUT2D eigenvalue weighted by atomic mass is 35.5. The van der Waals surface area contributed by atoms with E-state index in [1.165, 1.54) is 29.1 Å². The second-order valence-corrected chi connectivity index (χ2v) is 6.79. The van der Waals surface area contributed by atoms with Crippen molar-refractivity contribution in [3.8, 4) is 0 Å². The van der Waals surface area contributed by atoms with Crippen molar-refractivity contribution in [2.75, 3.05) is 5.32 Å². The Labute approximate surface area is 170 Å². The molecule has 0 aliphatic carbocycles. The lowest BCUT2D eigenvalue weighted by atomic mass is 10.2. The summed E-state index contributed by atoms with van der Waals surface area (Å²) in [7, 11) is 0. The Morgan fingerprint density at radius 1 is 1.07 bits per heavy atom. The van der Waals surface area contributed by atoms with Crippen LogP contribution < -0.4 is 5.32 Å². The first-order chi connectivity index (χ1) is 12.9. The molecule has 138 valence electrons. The van der Waals surface area contributed by atoms with Crippen molar-refractivity contribution < 1.29 is 9.18 Å². The summed E-state index contributed by atoms with van der Waals surface area (Å²) in [6.07, 6.45) is 4.39. The monoisotopic (exact) mass is 423 g/mol. The maximum atomic E-state index is 13.9. The van der Waals surface area contributed by atoms with Crippen LogP contribution in [0.15, 0.2) is 54.7 Å². The van der Waals surface area contributed by atoms with Crippen LogP contribution in [-0.2, 0) is 11.3 Å². The fraction of sp³-hybridized carbons (Fsp3) is 0.0526. The minimum absolute atomic E-state index is 0.0799. The van der Waals surface area contributed by atoms with E-state index in [-0.39, 0.29) is 28.0 Å².